The molecular formula is C21H20N4O2S. The van der Waals surface area contributed by atoms with Crippen LogP contribution in [-0.2, 0) is 4.79 Å². The van der Waals surface area contributed by atoms with Crippen LogP contribution in [0.3, 0.4) is 0 Å². The molecule has 2 aliphatic rings. The van der Waals surface area contributed by atoms with Crippen LogP contribution in [-0.4, -0.2) is 27.7 Å². The van der Waals surface area contributed by atoms with Gasteiger partial charge in [-0.2, -0.15) is 4.98 Å². The van der Waals surface area contributed by atoms with E-state index in [4.69, 9.17) is 14.8 Å². The molecule has 5 rings (SSSR count). The highest BCUT2D eigenvalue weighted by Crippen LogP contribution is 2.43. The highest BCUT2D eigenvalue weighted by Gasteiger charge is 2.38. The third-order valence-corrected chi connectivity index (χ3v) is 6.42. The molecule has 28 heavy (non-hydrogen) atoms. The number of thiophene rings is 1. The van der Waals surface area contributed by atoms with Crippen molar-refractivity contribution >= 4 is 23.1 Å². The lowest BCUT2D eigenvalue weighted by Crippen LogP contribution is -2.31. The van der Waals surface area contributed by atoms with Crippen molar-refractivity contribution in [1.29, 1.82) is 0 Å². The van der Waals surface area contributed by atoms with Crippen LogP contribution in [0, 0.1) is 6.92 Å². The number of fused-ring (bicyclic) bond motifs is 1. The minimum atomic E-state index is -0.217. The fraction of sp³-hybridized carbons (Fsp3) is 0.286. The number of nitrogens with one attached hydrogen (secondary N) is 1. The molecule has 1 aliphatic carbocycles. The molecule has 0 spiro atoms. The van der Waals surface area contributed by atoms with E-state index in [0.29, 0.717) is 18.2 Å². The van der Waals surface area contributed by atoms with Gasteiger partial charge in [0.05, 0.1) is 7.11 Å². The SMILES string of the molecule is COc1cccc(-c2nc3n(n2)C(c2sccc2C)C2=C(CCCC2=O)N3)c1. The van der Waals surface area contributed by atoms with Crippen molar-refractivity contribution in [3.05, 3.63) is 57.4 Å². The summed E-state index contributed by atoms with van der Waals surface area (Å²) in [5, 5.41) is 10.3. The topological polar surface area (TPSA) is 69.0 Å². The molecule has 1 unspecified atom stereocenters. The smallest absolute Gasteiger partial charge is 0.226 e. The Morgan fingerprint density at radius 1 is 1.29 bits per heavy atom. The lowest BCUT2D eigenvalue weighted by molar-refractivity contribution is -0.116. The van der Waals surface area contributed by atoms with Crippen LogP contribution in [0.5, 0.6) is 5.75 Å². The Bertz CT molecular complexity index is 1110. The molecule has 6 nitrogen and oxygen atoms in total. The van der Waals surface area contributed by atoms with Crippen molar-refractivity contribution in [1.82, 2.24) is 14.8 Å². The fourth-order valence-corrected chi connectivity index (χ4v) is 4.97. The van der Waals surface area contributed by atoms with Gasteiger partial charge < -0.3 is 10.1 Å². The molecule has 0 saturated carbocycles. The zero-order valence-electron chi connectivity index (χ0n) is 15.7. The van der Waals surface area contributed by atoms with E-state index in [0.717, 1.165) is 40.3 Å². The van der Waals surface area contributed by atoms with Crippen LogP contribution >= 0.6 is 11.3 Å². The van der Waals surface area contributed by atoms with Crippen molar-refractivity contribution in [3.8, 4) is 17.1 Å². The second-order valence-corrected chi connectivity index (χ2v) is 8.05. The van der Waals surface area contributed by atoms with E-state index >= 15 is 0 Å². The van der Waals surface area contributed by atoms with Crippen LogP contribution in [0.25, 0.3) is 11.4 Å². The van der Waals surface area contributed by atoms with Gasteiger partial charge in [-0.3, -0.25) is 4.79 Å². The van der Waals surface area contributed by atoms with Crippen molar-refractivity contribution in [2.75, 3.05) is 12.4 Å². The Morgan fingerprint density at radius 2 is 2.18 bits per heavy atom. The maximum Gasteiger partial charge on any atom is 0.226 e. The number of aromatic nitrogens is 3. The van der Waals surface area contributed by atoms with Gasteiger partial charge in [0.25, 0.3) is 0 Å². The van der Waals surface area contributed by atoms with Crippen LogP contribution in [0.15, 0.2) is 47.0 Å². The van der Waals surface area contributed by atoms with Crippen molar-refractivity contribution < 1.29 is 9.53 Å². The Kier molecular flexibility index (Phi) is 4.05. The summed E-state index contributed by atoms with van der Waals surface area (Å²) in [4.78, 5) is 18.7. The van der Waals surface area contributed by atoms with E-state index in [9.17, 15) is 4.79 Å². The molecule has 3 heterocycles. The summed E-state index contributed by atoms with van der Waals surface area (Å²) in [5.74, 6) is 2.27. The molecule has 0 bridgehead atoms. The third kappa shape index (κ3) is 2.65. The Morgan fingerprint density at radius 3 is 2.96 bits per heavy atom. The van der Waals surface area contributed by atoms with Gasteiger partial charge in [-0.15, -0.1) is 16.4 Å². The maximum atomic E-state index is 12.8. The van der Waals surface area contributed by atoms with Gasteiger partial charge in [0, 0.05) is 28.1 Å². The first-order chi connectivity index (χ1) is 13.7. The van der Waals surface area contributed by atoms with Gasteiger partial charge in [-0.25, -0.2) is 4.68 Å². The predicted molar refractivity (Wildman–Crippen MR) is 109 cm³/mol. The fourth-order valence-electron chi connectivity index (χ4n) is 3.95. The number of carbonyl (C=O) groups excluding carboxylic acids is 1. The number of carbonyl (C=O) groups is 1. The molecule has 1 aliphatic heterocycles. The standard InChI is InChI=1S/C21H20N4O2S/c1-12-9-10-28-19(12)18-17-15(7-4-8-16(17)26)22-21-23-20(24-25(18)21)13-5-3-6-14(11-13)27-2/h3,5-6,9-11,18H,4,7-8H2,1-2H3,(H,22,23,24). The van der Waals surface area contributed by atoms with Gasteiger partial charge in [-0.05, 0) is 48.9 Å². The van der Waals surface area contributed by atoms with Gasteiger partial charge in [-0.1, -0.05) is 12.1 Å². The number of methoxy groups -OCH3 is 1. The van der Waals surface area contributed by atoms with E-state index < -0.39 is 0 Å². The second kappa shape index (κ2) is 6.60. The number of ketones is 1. The molecule has 1 aromatic carbocycles. The number of hydrogen-bond acceptors (Lipinski definition) is 6. The molecule has 0 saturated heterocycles. The zero-order valence-corrected chi connectivity index (χ0v) is 16.5. The summed E-state index contributed by atoms with van der Waals surface area (Å²) in [5.41, 5.74) is 3.89. The lowest BCUT2D eigenvalue weighted by Gasteiger charge is -2.31. The maximum absolute atomic E-state index is 12.8. The van der Waals surface area contributed by atoms with E-state index in [-0.39, 0.29) is 11.8 Å². The van der Waals surface area contributed by atoms with Crippen molar-refractivity contribution in [2.45, 2.75) is 32.2 Å². The Labute approximate surface area is 166 Å². The lowest BCUT2D eigenvalue weighted by atomic mass is 9.87. The molecule has 142 valence electrons. The van der Waals surface area contributed by atoms with Crippen molar-refractivity contribution in [2.24, 2.45) is 0 Å². The first kappa shape index (κ1) is 17.2. The minimum Gasteiger partial charge on any atom is -0.497 e. The van der Waals surface area contributed by atoms with Gasteiger partial charge in [0.15, 0.2) is 11.6 Å². The van der Waals surface area contributed by atoms with E-state index in [1.54, 1.807) is 18.4 Å². The first-order valence-corrected chi connectivity index (χ1v) is 10.2. The van der Waals surface area contributed by atoms with E-state index in [2.05, 4.69) is 23.7 Å². The quantitative estimate of drug-likeness (QED) is 0.718. The molecule has 2 aromatic heterocycles. The Hall–Kier alpha value is -2.93. The predicted octanol–water partition coefficient (Wildman–Crippen LogP) is 4.35. The number of anilines is 1. The number of Topliss-reactive ketones (excluding diaryl/α,β-unsaturated/α-hetero) is 1. The number of benzene rings is 1. The molecule has 7 heteroatoms. The summed E-state index contributed by atoms with van der Waals surface area (Å²) >= 11 is 1.67. The summed E-state index contributed by atoms with van der Waals surface area (Å²) in [6, 6.07) is 9.59. The normalized spacial score (nSPS) is 18.5. The first-order valence-electron chi connectivity index (χ1n) is 9.34. The third-order valence-electron chi connectivity index (χ3n) is 5.35. The largest absolute Gasteiger partial charge is 0.497 e. The number of aryl methyl sites for hydroxylation is 1. The molecule has 1 atom stereocenters. The minimum absolute atomic E-state index is 0.204. The summed E-state index contributed by atoms with van der Waals surface area (Å²) in [7, 11) is 1.64. The average molecular weight is 392 g/mol. The van der Waals surface area contributed by atoms with Crippen LogP contribution in [0.4, 0.5) is 5.95 Å². The van der Waals surface area contributed by atoms with Gasteiger partial charge in [0.1, 0.15) is 11.8 Å². The molecule has 0 fully saturated rings. The number of nitrogens with zero attached hydrogens (tertiary/aromatic N) is 3. The number of ether oxygens (including phenoxy) is 1. The molecule has 0 radical (unpaired) electrons. The van der Waals surface area contributed by atoms with Gasteiger partial charge in [0.2, 0.25) is 5.95 Å². The van der Waals surface area contributed by atoms with Crippen LogP contribution < -0.4 is 10.1 Å². The van der Waals surface area contributed by atoms with Gasteiger partial charge >= 0.3 is 0 Å². The van der Waals surface area contributed by atoms with Crippen LogP contribution in [0.1, 0.15) is 35.7 Å². The average Bonchev–Trinajstić information content (AvgIpc) is 3.32. The second-order valence-electron chi connectivity index (χ2n) is 7.10. The number of allylic oxidation sites excluding steroid dienone is 2. The summed E-state index contributed by atoms with van der Waals surface area (Å²) in [6.07, 6.45) is 2.33. The molecule has 1 N–H and O–H groups in total. The number of hydrogen-bond donors (Lipinski definition) is 1. The highest BCUT2D eigenvalue weighted by molar-refractivity contribution is 7.10. The number of rotatable bonds is 3. The Balaban J connectivity index is 1.67. The molecule has 0 amide bonds. The van der Waals surface area contributed by atoms with E-state index in [1.165, 1.54) is 5.56 Å². The summed E-state index contributed by atoms with van der Waals surface area (Å²) < 4.78 is 7.21. The molecule has 3 aromatic rings. The summed E-state index contributed by atoms with van der Waals surface area (Å²) in [6.45, 7) is 2.08. The van der Waals surface area contributed by atoms with Crippen LogP contribution in [0.2, 0.25) is 0 Å². The monoisotopic (exact) mass is 392 g/mol. The highest BCUT2D eigenvalue weighted by atomic mass is 32.1. The zero-order chi connectivity index (χ0) is 19.3. The molecular weight excluding hydrogens is 372 g/mol. The van der Waals surface area contributed by atoms with E-state index in [1.807, 2.05) is 28.9 Å². The van der Waals surface area contributed by atoms with Crippen molar-refractivity contribution in [3.63, 3.8) is 0 Å².